The largest absolute Gasteiger partial charge is 0.382 e. The summed E-state index contributed by atoms with van der Waals surface area (Å²) in [7, 11) is 2.15. The van der Waals surface area contributed by atoms with Crippen molar-refractivity contribution in [3.63, 3.8) is 0 Å². The van der Waals surface area contributed by atoms with Crippen molar-refractivity contribution in [2.45, 2.75) is 26.7 Å². The molecular weight excluding hydrogens is 236 g/mol. The summed E-state index contributed by atoms with van der Waals surface area (Å²) in [5, 5.41) is 3.49. The summed E-state index contributed by atoms with van der Waals surface area (Å²) in [6.45, 7) is 9.06. The smallest absolute Gasteiger partial charge is 0.0466 e. The number of hydrogen-bond acceptors (Lipinski definition) is 3. The molecule has 1 N–H and O–H groups in total. The summed E-state index contributed by atoms with van der Waals surface area (Å²) in [6, 6.07) is 8.52. The number of nitrogens with one attached hydrogen (secondary N) is 1. The van der Waals surface area contributed by atoms with E-state index in [1.54, 1.807) is 0 Å². The lowest BCUT2D eigenvalue weighted by Crippen LogP contribution is -2.30. The summed E-state index contributed by atoms with van der Waals surface area (Å²) < 4.78 is 5.31. The first-order valence-electron chi connectivity index (χ1n) is 7.31. The van der Waals surface area contributed by atoms with Gasteiger partial charge in [0, 0.05) is 39.0 Å². The van der Waals surface area contributed by atoms with Crippen LogP contribution in [0.1, 0.15) is 25.3 Å². The number of benzene rings is 1. The van der Waals surface area contributed by atoms with Crippen molar-refractivity contribution in [1.82, 2.24) is 5.32 Å². The third-order valence-corrected chi connectivity index (χ3v) is 3.25. The highest BCUT2D eigenvalue weighted by Crippen LogP contribution is 2.16. The molecule has 108 valence electrons. The Morgan fingerprint density at radius 1 is 1.16 bits per heavy atom. The number of aryl methyl sites for hydroxylation is 1. The molecule has 19 heavy (non-hydrogen) atoms. The van der Waals surface area contributed by atoms with Gasteiger partial charge in [-0.1, -0.05) is 18.2 Å². The summed E-state index contributed by atoms with van der Waals surface area (Å²) in [6.07, 6.45) is 2.34. The van der Waals surface area contributed by atoms with Gasteiger partial charge in [-0.05, 0) is 44.9 Å². The maximum absolute atomic E-state index is 5.31. The summed E-state index contributed by atoms with van der Waals surface area (Å²) in [4.78, 5) is 2.31. The number of rotatable bonds is 10. The van der Waals surface area contributed by atoms with Gasteiger partial charge in [-0.25, -0.2) is 0 Å². The molecule has 0 radical (unpaired) electrons. The second-order valence-corrected chi connectivity index (χ2v) is 4.86. The lowest BCUT2D eigenvalue weighted by molar-refractivity contribution is 0.143. The van der Waals surface area contributed by atoms with E-state index in [0.717, 1.165) is 39.3 Å². The van der Waals surface area contributed by atoms with Crippen LogP contribution in [0.4, 0.5) is 5.69 Å². The van der Waals surface area contributed by atoms with Gasteiger partial charge in [0.2, 0.25) is 0 Å². The van der Waals surface area contributed by atoms with E-state index in [9.17, 15) is 0 Å². The minimum absolute atomic E-state index is 0.828. The fourth-order valence-corrected chi connectivity index (χ4v) is 2.08. The van der Waals surface area contributed by atoms with Crippen molar-refractivity contribution in [3.8, 4) is 0 Å². The number of likely N-dealkylation sites (N-methyl/N-ethyl adjacent to an activating group) is 1. The Balaban J connectivity index is 2.08. The van der Waals surface area contributed by atoms with Gasteiger partial charge < -0.3 is 15.0 Å². The van der Waals surface area contributed by atoms with Crippen LogP contribution in [-0.2, 0) is 4.74 Å². The zero-order chi connectivity index (χ0) is 13.9. The highest BCUT2D eigenvalue weighted by molar-refractivity contribution is 5.52. The summed E-state index contributed by atoms with van der Waals surface area (Å²) in [5.74, 6) is 0. The Morgan fingerprint density at radius 3 is 2.68 bits per heavy atom. The van der Waals surface area contributed by atoms with Crippen LogP contribution in [0.25, 0.3) is 0 Å². The molecule has 0 aromatic heterocycles. The highest BCUT2D eigenvalue weighted by atomic mass is 16.5. The third-order valence-electron chi connectivity index (χ3n) is 3.25. The fourth-order valence-electron chi connectivity index (χ4n) is 2.08. The Hall–Kier alpha value is -1.06. The first-order valence-corrected chi connectivity index (χ1v) is 7.31. The molecule has 0 heterocycles. The van der Waals surface area contributed by atoms with Gasteiger partial charge in [-0.15, -0.1) is 0 Å². The quantitative estimate of drug-likeness (QED) is 0.658. The van der Waals surface area contributed by atoms with E-state index in [0.29, 0.717) is 0 Å². The number of hydrogen-bond donors (Lipinski definition) is 1. The van der Waals surface area contributed by atoms with Gasteiger partial charge in [-0.3, -0.25) is 0 Å². The Labute approximate surface area is 118 Å². The topological polar surface area (TPSA) is 24.5 Å². The second kappa shape index (κ2) is 9.82. The molecule has 0 spiro atoms. The predicted molar refractivity (Wildman–Crippen MR) is 83.0 cm³/mol. The Morgan fingerprint density at radius 2 is 1.95 bits per heavy atom. The monoisotopic (exact) mass is 264 g/mol. The standard InChI is InChI=1S/C16H28N2O/c1-4-19-14-8-7-11-17-12-13-18(3)16-10-6-5-9-15(16)2/h5-6,9-10,17H,4,7-8,11-14H2,1-3H3. The number of para-hydroxylation sites is 1. The van der Waals surface area contributed by atoms with Crippen LogP contribution in [-0.4, -0.2) is 39.9 Å². The number of unbranched alkanes of at least 4 members (excludes halogenated alkanes) is 1. The van der Waals surface area contributed by atoms with Crippen LogP contribution in [0, 0.1) is 6.92 Å². The molecule has 0 aliphatic carbocycles. The van der Waals surface area contributed by atoms with Gasteiger partial charge in [0.1, 0.15) is 0 Å². The Kier molecular flexibility index (Phi) is 8.26. The van der Waals surface area contributed by atoms with Crippen LogP contribution < -0.4 is 10.2 Å². The Bertz CT molecular complexity index is 341. The molecule has 1 rings (SSSR count). The first-order chi connectivity index (χ1) is 9.25. The van der Waals surface area contributed by atoms with Crippen LogP contribution in [0.3, 0.4) is 0 Å². The minimum atomic E-state index is 0.828. The van der Waals surface area contributed by atoms with Crippen molar-refractivity contribution in [2.24, 2.45) is 0 Å². The molecular formula is C16H28N2O. The van der Waals surface area contributed by atoms with Crippen LogP contribution in [0.15, 0.2) is 24.3 Å². The first kappa shape index (κ1) is 16.0. The molecule has 0 fully saturated rings. The normalized spacial score (nSPS) is 10.7. The van der Waals surface area contributed by atoms with E-state index in [2.05, 4.69) is 48.5 Å². The van der Waals surface area contributed by atoms with Gasteiger partial charge >= 0.3 is 0 Å². The van der Waals surface area contributed by atoms with Crippen LogP contribution in [0.2, 0.25) is 0 Å². The van der Waals surface area contributed by atoms with Crippen molar-refractivity contribution >= 4 is 5.69 Å². The van der Waals surface area contributed by atoms with Crippen LogP contribution in [0.5, 0.6) is 0 Å². The van der Waals surface area contributed by atoms with Crippen molar-refractivity contribution in [3.05, 3.63) is 29.8 Å². The molecule has 0 aliphatic rings. The molecule has 0 saturated carbocycles. The molecule has 0 aliphatic heterocycles. The second-order valence-electron chi connectivity index (χ2n) is 4.86. The van der Waals surface area contributed by atoms with Crippen molar-refractivity contribution in [2.75, 3.05) is 44.8 Å². The van der Waals surface area contributed by atoms with Crippen LogP contribution >= 0.6 is 0 Å². The van der Waals surface area contributed by atoms with E-state index in [1.807, 2.05) is 6.92 Å². The highest BCUT2D eigenvalue weighted by Gasteiger charge is 2.02. The fraction of sp³-hybridized carbons (Fsp3) is 0.625. The zero-order valence-corrected chi connectivity index (χ0v) is 12.6. The molecule has 0 bridgehead atoms. The number of nitrogens with zero attached hydrogens (tertiary/aromatic N) is 1. The van der Waals surface area contributed by atoms with E-state index < -0.39 is 0 Å². The molecule has 0 amide bonds. The predicted octanol–water partition coefficient (Wildman–Crippen LogP) is 2.84. The summed E-state index contributed by atoms with van der Waals surface area (Å²) >= 11 is 0. The van der Waals surface area contributed by atoms with Gasteiger partial charge in [0.15, 0.2) is 0 Å². The third kappa shape index (κ3) is 6.60. The van der Waals surface area contributed by atoms with Crippen molar-refractivity contribution in [1.29, 1.82) is 0 Å². The SMILES string of the molecule is CCOCCCCNCCN(C)c1ccccc1C. The number of ether oxygens (including phenoxy) is 1. The maximum Gasteiger partial charge on any atom is 0.0466 e. The van der Waals surface area contributed by atoms with E-state index in [1.165, 1.54) is 17.7 Å². The van der Waals surface area contributed by atoms with Gasteiger partial charge in [-0.2, -0.15) is 0 Å². The van der Waals surface area contributed by atoms with E-state index >= 15 is 0 Å². The summed E-state index contributed by atoms with van der Waals surface area (Å²) in [5.41, 5.74) is 2.65. The van der Waals surface area contributed by atoms with E-state index in [-0.39, 0.29) is 0 Å². The maximum atomic E-state index is 5.31. The lowest BCUT2D eigenvalue weighted by atomic mass is 10.2. The van der Waals surface area contributed by atoms with E-state index in [4.69, 9.17) is 4.74 Å². The lowest BCUT2D eigenvalue weighted by Gasteiger charge is -2.21. The molecule has 1 aromatic rings. The zero-order valence-electron chi connectivity index (χ0n) is 12.6. The minimum Gasteiger partial charge on any atom is -0.382 e. The number of anilines is 1. The molecule has 0 unspecified atom stereocenters. The average molecular weight is 264 g/mol. The average Bonchev–Trinajstić information content (AvgIpc) is 2.42. The molecule has 0 atom stereocenters. The van der Waals surface area contributed by atoms with Crippen molar-refractivity contribution < 1.29 is 4.74 Å². The van der Waals surface area contributed by atoms with Gasteiger partial charge in [0.25, 0.3) is 0 Å². The molecule has 1 aromatic carbocycles. The molecule has 3 heteroatoms. The molecule has 3 nitrogen and oxygen atoms in total. The molecule has 0 saturated heterocycles. The van der Waals surface area contributed by atoms with Gasteiger partial charge in [0.05, 0.1) is 0 Å².